The summed E-state index contributed by atoms with van der Waals surface area (Å²) in [4.78, 5) is 36.7. The van der Waals surface area contributed by atoms with E-state index < -0.39 is 54.8 Å². The fraction of sp³-hybridized carbons (Fsp3) is 0.217. The van der Waals surface area contributed by atoms with Gasteiger partial charge < -0.3 is 15.8 Å². The number of alkyl halides is 6. The molecule has 208 valence electrons. The van der Waals surface area contributed by atoms with Crippen molar-refractivity contribution in [1.29, 1.82) is 0 Å². The molecule has 2 amide bonds. The van der Waals surface area contributed by atoms with Crippen LogP contribution in [0.5, 0.6) is 0 Å². The largest absolute Gasteiger partial charge is 0.447 e. The third-order valence-corrected chi connectivity index (χ3v) is 5.27. The van der Waals surface area contributed by atoms with Gasteiger partial charge in [-0.25, -0.2) is 18.8 Å². The number of hydrogen-bond acceptors (Lipinski definition) is 5. The van der Waals surface area contributed by atoms with Gasteiger partial charge in [0.05, 0.1) is 11.6 Å². The fourth-order valence-electron chi connectivity index (χ4n) is 3.31. The molecule has 0 radical (unpaired) electrons. The van der Waals surface area contributed by atoms with Crippen LogP contribution in [0.4, 0.5) is 31.1 Å². The zero-order valence-electron chi connectivity index (χ0n) is 19.5. The van der Waals surface area contributed by atoms with E-state index in [9.17, 15) is 40.7 Å². The van der Waals surface area contributed by atoms with Crippen LogP contribution in [0, 0.1) is 0 Å². The van der Waals surface area contributed by atoms with Crippen LogP contribution in [0.2, 0.25) is 5.02 Å². The second-order valence-corrected chi connectivity index (χ2v) is 8.31. The number of nitrogens with zero attached hydrogens (tertiary/aromatic N) is 3. The second kappa shape index (κ2) is 11.6. The van der Waals surface area contributed by atoms with Crippen molar-refractivity contribution in [2.24, 2.45) is 5.73 Å². The molecule has 0 bridgehead atoms. The molecule has 0 aliphatic heterocycles. The molecule has 39 heavy (non-hydrogen) atoms. The Balaban J connectivity index is 1.93. The standard InChI is InChI=1S/C23H18ClF6N5O4/c24-16-6-4-13(5-7-16)19-33-35(21(38)34(19)9-8-22(25,26)27)11-18(36)32-17(12-39-20(31)37)14-2-1-3-15(10-14)23(28,29)30/h1-10,17H,11-12H2,(H2,31,37)(H,32,36)/b9-8+. The van der Waals surface area contributed by atoms with Gasteiger partial charge in [-0.2, -0.15) is 26.3 Å². The lowest BCUT2D eigenvalue weighted by molar-refractivity contribution is -0.137. The quantitative estimate of drug-likeness (QED) is 0.385. The fourth-order valence-corrected chi connectivity index (χ4v) is 3.43. The van der Waals surface area contributed by atoms with E-state index in [2.05, 4.69) is 15.2 Å². The van der Waals surface area contributed by atoms with Crippen LogP contribution in [-0.2, 0) is 22.3 Å². The van der Waals surface area contributed by atoms with Crippen LogP contribution in [-0.4, -0.2) is 39.1 Å². The number of rotatable bonds is 8. The number of nitrogens with one attached hydrogen (secondary N) is 1. The first kappa shape index (κ1) is 29.3. The topological polar surface area (TPSA) is 121 Å². The van der Waals surface area contributed by atoms with Crippen molar-refractivity contribution in [2.45, 2.75) is 24.9 Å². The number of hydrogen-bond donors (Lipinski definition) is 2. The first-order valence-electron chi connectivity index (χ1n) is 10.7. The molecule has 9 nitrogen and oxygen atoms in total. The van der Waals surface area contributed by atoms with Gasteiger partial charge in [-0.05, 0) is 42.0 Å². The first-order valence-corrected chi connectivity index (χ1v) is 11.1. The van der Waals surface area contributed by atoms with E-state index in [1.54, 1.807) is 0 Å². The summed E-state index contributed by atoms with van der Waals surface area (Å²) >= 11 is 5.83. The summed E-state index contributed by atoms with van der Waals surface area (Å²) in [6.07, 6.45) is -10.5. The normalized spacial score (nSPS) is 12.9. The van der Waals surface area contributed by atoms with Crippen molar-refractivity contribution in [2.75, 3.05) is 6.61 Å². The highest BCUT2D eigenvalue weighted by atomic mass is 35.5. The summed E-state index contributed by atoms with van der Waals surface area (Å²) in [5, 5.41) is 6.56. The van der Waals surface area contributed by atoms with Crippen LogP contribution < -0.4 is 16.7 Å². The molecule has 0 saturated heterocycles. The maximum Gasteiger partial charge on any atom is 0.416 e. The monoisotopic (exact) mass is 577 g/mol. The predicted molar refractivity (Wildman–Crippen MR) is 126 cm³/mol. The van der Waals surface area contributed by atoms with E-state index in [1.165, 1.54) is 30.3 Å². The van der Waals surface area contributed by atoms with Gasteiger partial charge in [0.15, 0.2) is 5.82 Å². The lowest BCUT2D eigenvalue weighted by atomic mass is 10.0. The maximum absolute atomic E-state index is 13.2. The van der Waals surface area contributed by atoms with Crippen molar-refractivity contribution in [3.8, 4) is 11.4 Å². The summed E-state index contributed by atoms with van der Waals surface area (Å²) in [6, 6.07) is 8.06. The van der Waals surface area contributed by atoms with Crippen LogP contribution in [0.25, 0.3) is 17.6 Å². The molecule has 3 rings (SSSR count). The lowest BCUT2D eigenvalue weighted by Gasteiger charge is -2.20. The Bertz CT molecular complexity index is 1430. The van der Waals surface area contributed by atoms with Crippen molar-refractivity contribution in [3.63, 3.8) is 0 Å². The minimum atomic E-state index is -4.77. The average Bonchev–Trinajstić information content (AvgIpc) is 3.14. The number of carbonyl (C=O) groups is 2. The van der Waals surface area contributed by atoms with E-state index in [0.29, 0.717) is 20.5 Å². The van der Waals surface area contributed by atoms with Gasteiger partial charge in [-0.15, -0.1) is 5.10 Å². The Kier molecular flexibility index (Phi) is 8.74. The van der Waals surface area contributed by atoms with Crippen molar-refractivity contribution in [1.82, 2.24) is 19.7 Å². The van der Waals surface area contributed by atoms with Crippen molar-refractivity contribution < 1.29 is 40.7 Å². The molecule has 16 heteroatoms. The Labute approximate surface area is 220 Å². The van der Waals surface area contributed by atoms with Crippen LogP contribution in [0.3, 0.4) is 0 Å². The van der Waals surface area contributed by atoms with Crippen LogP contribution in [0.1, 0.15) is 17.2 Å². The number of allylic oxidation sites excluding steroid dienone is 1. The summed E-state index contributed by atoms with van der Waals surface area (Å²) < 4.78 is 83.6. The summed E-state index contributed by atoms with van der Waals surface area (Å²) in [5.41, 5.74) is 2.85. The molecule has 0 spiro atoms. The summed E-state index contributed by atoms with van der Waals surface area (Å²) in [6.45, 7) is -1.51. The van der Waals surface area contributed by atoms with Crippen LogP contribution in [0.15, 0.2) is 59.4 Å². The number of carbonyl (C=O) groups excluding carboxylic acids is 2. The minimum Gasteiger partial charge on any atom is -0.447 e. The van der Waals surface area contributed by atoms with Crippen molar-refractivity contribution in [3.05, 3.63) is 81.2 Å². The van der Waals surface area contributed by atoms with E-state index in [0.717, 1.165) is 18.2 Å². The van der Waals surface area contributed by atoms with Gasteiger partial charge in [0, 0.05) is 22.9 Å². The lowest BCUT2D eigenvalue weighted by Crippen LogP contribution is -2.37. The Morgan fingerprint density at radius 1 is 1.10 bits per heavy atom. The van der Waals surface area contributed by atoms with E-state index >= 15 is 0 Å². The highest BCUT2D eigenvalue weighted by Crippen LogP contribution is 2.31. The summed E-state index contributed by atoms with van der Waals surface area (Å²) in [5.74, 6) is -1.24. The van der Waals surface area contributed by atoms with Gasteiger partial charge >= 0.3 is 24.1 Å². The smallest absolute Gasteiger partial charge is 0.416 e. The number of nitrogens with two attached hydrogens (primary N) is 1. The van der Waals surface area contributed by atoms with Gasteiger partial charge in [0.25, 0.3) is 0 Å². The Morgan fingerprint density at radius 3 is 2.36 bits per heavy atom. The molecular weight excluding hydrogens is 560 g/mol. The Hall–Kier alpha value is -4.27. The SMILES string of the molecule is NC(=O)OCC(NC(=O)Cn1nc(-c2ccc(Cl)cc2)n(/C=C/C(F)(F)F)c1=O)c1cccc(C(F)(F)F)c1. The molecule has 0 aliphatic rings. The van der Waals surface area contributed by atoms with Gasteiger partial charge in [-0.1, -0.05) is 23.7 Å². The maximum atomic E-state index is 13.2. The molecule has 0 aliphatic carbocycles. The number of primary amides is 1. The third kappa shape index (κ3) is 8.10. The second-order valence-electron chi connectivity index (χ2n) is 7.87. The Morgan fingerprint density at radius 2 is 1.77 bits per heavy atom. The molecule has 1 aromatic heterocycles. The van der Waals surface area contributed by atoms with E-state index in [-0.39, 0.29) is 23.0 Å². The van der Waals surface area contributed by atoms with E-state index in [1.807, 2.05) is 0 Å². The third-order valence-electron chi connectivity index (χ3n) is 5.02. The average molecular weight is 578 g/mol. The van der Waals surface area contributed by atoms with Gasteiger partial charge in [0.1, 0.15) is 13.2 Å². The molecule has 1 heterocycles. The molecular formula is C23H18ClF6N5O4. The zero-order valence-corrected chi connectivity index (χ0v) is 20.2. The molecule has 0 saturated carbocycles. The number of halogens is 7. The highest BCUT2D eigenvalue weighted by molar-refractivity contribution is 6.30. The molecule has 3 N–H and O–H groups in total. The van der Waals surface area contributed by atoms with E-state index in [4.69, 9.17) is 17.3 Å². The molecule has 1 unspecified atom stereocenters. The number of ether oxygens (including phenoxy) is 1. The molecule has 1 atom stereocenters. The van der Waals surface area contributed by atoms with Gasteiger partial charge in [0.2, 0.25) is 5.91 Å². The van der Waals surface area contributed by atoms with Crippen molar-refractivity contribution >= 4 is 29.8 Å². The molecule has 2 aromatic carbocycles. The summed E-state index contributed by atoms with van der Waals surface area (Å²) in [7, 11) is 0. The first-order chi connectivity index (χ1) is 18.1. The van der Waals surface area contributed by atoms with Gasteiger partial charge in [-0.3, -0.25) is 4.79 Å². The highest BCUT2D eigenvalue weighted by Gasteiger charge is 2.31. The molecule has 3 aromatic rings. The van der Waals surface area contributed by atoms with Crippen LogP contribution >= 0.6 is 11.6 Å². The zero-order chi connectivity index (χ0) is 29.0. The number of aromatic nitrogens is 3. The minimum absolute atomic E-state index is 0.104. The predicted octanol–water partition coefficient (Wildman–Crippen LogP) is 4.37. The number of amides is 2. The number of benzene rings is 2. The molecule has 0 fully saturated rings.